The third kappa shape index (κ3) is 4.98. The molecule has 0 aromatic heterocycles. The average molecular weight is 318 g/mol. The fourth-order valence-electron chi connectivity index (χ4n) is 1.73. The van der Waals surface area contributed by atoms with Gasteiger partial charge < -0.3 is 10.4 Å². The van der Waals surface area contributed by atoms with E-state index >= 15 is 0 Å². The van der Waals surface area contributed by atoms with Crippen LogP contribution in [0.5, 0.6) is 0 Å². The van der Waals surface area contributed by atoms with Gasteiger partial charge in [-0.1, -0.05) is 20.8 Å². The second kappa shape index (κ2) is 5.98. The predicted octanol–water partition coefficient (Wildman–Crippen LogP) is 1.77. The van der Waals surface area contributed by atoms with Crippen molar-refractivity contribution < 1.29 is 22.7 Å². The van der Waals surface area contributed by atoms with Crippen LogP contribution in [0.15, 0.2) is 23.1 Å². The Labute approximate surface area is 123 Å². The number of nitrogens with two attached hydrogens (primary N) is 1. The lowest BCUT2D eigenvalue weighted by molar-refractivity contribution is -0.137. The third-order valence-corrected chi connectivity index (χ3v) is 3.93. The summed E-state index contributed by atoms with van der Waals surface area (Å²) in [4.78, 5) is 10.6. The molecular formula is C13H19FN2O4S. The van der Waals surface area contributed by atoms with Crippen molar-refractivity contribution in [1.82, 2.24) is 0 Å². The third-order valence-electron chi connectivity index (χ3n) is 3.02. The molecular weight excluding hydrogens is 299 g/mol. The molecule has 8 heteroatoms. The Bertz CT molecular complexity index is 638. The fourth-order valence-corrected chi connectivity index (χ4v) is 2.25. The summed E-state index contributed by atoms with van der Waals surface area (Å²) in [5, 5.41) is 16.6. The number of rotatable bonds is 5. The monoisotopic (exact) mass is 318 g/mol. The van der Waals surface area contributed by atoms with Gasteiger partial charge in [-0.05, 0) is 23.6 Å². The van der Waals surface area contributed by atoms with Crippen molar-refractivity contribution in [3.8, 4) is 0 Å². The molecule has 0 radical (unpaired) electrons. The highest BCUT2D eigenvalue weighted by Gasteiger charge is 2.27. The lowest BCUT2D eigenvalue weighted by Gasteiger charge is -2.31. The van der Waals surface area contributed by atoms with Crippen LogP contribution in [0.2, 0.25) is 0 Å². The smallest absolute Gasteiger partial charge is 0.305 e. The largest absolute Gasteiger partial charge is 0.481 e. The van der Waals surface area contributed by atoms with Crippen LogP contribution in [0, 0.1) is 11.2 Å². The van der Waals surface area contributed by atoms with Gasteiger partial charge in [-0.2, -0.15) is 0 Å². The van der Waals surface area contributed by atoms with Crippen LogP contribution in [-0.2, 0) is 14.8 Å². The van der Waals surface area contributed by atoms with Gasteiger partial charge in [-0.25, -0.2) is 17.9 Å². The van der Waals surface area contributed by atoms with E-state index in [2.05, 4.69) is 5.32 Å². The zero-order chi connectivity index (χ0) is 16.4. The highest BCUT2D eigenvalue weighted by molar-refractivity contribution is 7.89. The van der Waals surface area contributed by atoms with E-state index in [1.165, 1.54) is 12.1 Å². The zero-order valence-corrected chi connectivity index (χ0v) is 12.9. The number of aliphatic carboxylic acids is 1. The summed E-state index contributed by atoms with van der Waals surface area (Å²) in [5.74, 6) is -1.81. The molecule has 0 aliphatic carbocycles. The summed E-state index contributed by atoms with van der Waals surface area (Å²) in [6.07, 6.45) is -0.195. The lowest BCUT2D eigenvalue weighted by Crippen LogP contribution is -2.36. The highest BCUT2D eigenvalue weighted by Crippen LogP contribution is 2.27. The van der Waals surface area contributed by atoms with Crippen LogP contribution < -0.4 is 10.5 Å². The first-order chi connectivity index (χ1) is 9.41. The summed E-state index contributed by atoms with van der Waals surface area (Å²) < 4.78 is 36.2. The summed E-state index contributed by atoms with van der Waals surface area (Å²) in [7, 11) is -3.98. The predicted molar refractivity (Wildman–Crippen MR) is 76.9 cm³/mol. The molecule has 0 heterocycles. The van der Waals surface area contributed by atoms with E-state index in [4.69, 9.17) is 10.2 Å². The Morgan fingerprint density at radius 3 is 2.38 bits per heavy atom. The van der Waals surface area contributed by atoms with Crippen molar-refractivity contribution in [2.45, 2.75) is 38.1 Å². The minimum atomic E-state index is -3.98. The number of hydrogen-bond acceptors (Lipinski definition) is 4. The van der Waals surface area contributed by atoms with E-state index < -0.39 is 33.3 Å². The molecule has 1 atom stereocenters. The SMILES string of the molecule is CC(C)(C)C(CC(=O)O)Nc1ccc(S(N)(=O)=O)cc1F. The quantitative estimate of drug-likeness (QED) is 0.766. The van der Waals surface area contributed by atoms with E-state index in [0.717, 1.165) is 6.07 Å². The number of carboxylic acids is 1. The van der Waals surface area contributed by atoms with Crippen LogP contribution in [0.25, 0.3) is 0 Å². The van der Waals surface area contributed by atoms with Crippen molar-refractivity contribution in [3.63, 3.8) is 0 Å². The van der Waals surface area contributed by atoms with Crippen LogP contribution in [0.3, 0.4) is 0 Å². The van der Waals surface area contributed by atoms with Gasteiger partial charge in [0.15, 0.2) is 0 Å². The van der Waals surface area contributed by atoms with Gasteiger partial charge in [-0.15, -0.1) is 0 Å². The topological polar surface area (TPSA) is 109 Å². The van der Waals surface area contributed by atoms with Gasteiger partial charge in [0.1, 0.15) is 5.82 Å². The molecule has 1 rings (SSSR count). The minimum Gasteiger partial charge on any atom is -0.481 e. The number of sulfonamides is 1. The van der Waals surface area contributed by atoms with Crippen LogP contribution >= 0.6 is 0 Å². The average Bonchev–Trinajstić information content (AvgIpc) is 2.27. The molecule has 0 aliphatic heterocycles. The summed E-state index contributed by atoms with van der Waals surface area (Å²) in [6.45, 7) is 5.47. The zero-order valence-electron chi connectivity index (χ0n) is 12.1. The molecule has 4 N–H and O–H groups in total. The van der Waals surface area contributed by atoms with E-state index in [-0.39, 0.29) is 17.0 Å². The summed E-state index contributed by atoms with van der Waals surface area (Å²) >= 11 is 0. The van der Waals surface area contributed by atoms with Gasteiger partial charge >= 0.3 is 5.97 Å². The lowest BCUT2D eigenvalue weighted by atomic mass is 9.84. The normalized spacial score (nSPS) is 13.8. The maximum Gasteiger partial charge on any atom is 0.305 e. The number of anilines is 1. The van der Waals surface area contributed by atoms with Gasteiger partial charge in [-0.3, -0.25) is 4.79 Å². The first-order valence-electron chi connectivity index (χ1n) is 6.22. The number of halogens is 1. The minimum absolute atomic E-state index is 0.0311. The van der Waals surface area contributed by atoms with Crippen LogP contribution in [0.4, 0.5) is 10.1 Å². The van der Waals surface area contributed by atoms with E-state index in [0.29, 0.717) is 0 Å². The van der Waals surface area contributed by atoms with Crippen molar-refractivity contribution in [2.24, 2.45) is 10.6 Å². The Hall–Kier alpha value is -1.67. The Morgan fingerprint density at radius 2 is 2.00 bits per heavy atom. The molecule has 0 saturated heterocycles. The van der Waals surface area contributed by atoms with Crippen molar-refractivity contribution >= 4 is 21.7 Å². The number of hydrogen-bond donors (Lipinski definition) is 3. The van der Waals surface area contributed by atoms with Crippen LogP contribution in [-0.4, -0.2) is 25.5 Å². The molecule has 0 aliphatic rings. The van der Waals surface area contributed by atoms with E-state index in [1.807, 2.05) is 20.8 Å². The van der Waals surface area contributed by atoms with Crippen molar-refractivity contribution in [1.29, 1.82) is 0 Å². The number of nitrogens with one attached hydrogen (secondary N) is 1. The standard InChI is InChI=1S/C13H19FN2O4S/c1-13(2,3)11(7-12(17)18)16-10-5-4-8(6-9(10)14)21(15,19)20/h4-6,11,16H,7H2,1-3H3,(H,17,18)(H2,15,19,20). The molecule has 0 amide bonds. The molecule has 1 aromatic carbocycles. The maximum atomic E-state index is 13.9. The van der Waals surface area contributed by atoms with Gasteiger partial charge in [0.2, 0.25) is 10.0 Å². The Morgan fingerprint density at radius 1 is 1.43 bits per heavy atom. The van der Waals surface area contributed by atoms with E-state index in [9.17, 15) is 17.6 Å². The summed E-state index contributed by atoms with van der Waals surface area (Å²) in [6, 6.07) is 2.68. The van der Waals surface area contributed by atoms with Crippen molar-refractivity contribution in [3.05, 3.63) is 24.0 Å². The van der Waals surface area contributed by atoms with Gasteiger partial charge in [0.05, 0.1) is 17.0 Å². The van der Waals surface area contributed by atoms with E-state index in [1.54, 1.807) is 0 Å². The molecule has 0 fully saturated rings. The molecule has 1 unspecified atom stereocenters. The molecule has 0 bridgehead atoms. The maximum absolute atomic E-state index is 13.9. The molecule has 6 nitrogen and oxygen atoms in total. The first-order valence-corrected chi connectivity index (χ1v) is 7.76. The Balaban J connectivity index is 3.08. The van der Waals surface area contributed by atoms with Crippen molar-refractivity contribution in [2.75, 3.05) is 5.32 Å². The molecule has 0 saturated carbocycles. The highest BCUT2D eigenvalue weighted by atomic mass is 32.2. The fraction of sp³-hybridized carbons (Fsp3) is 0.462. The van der Waals surface area contributed by atoms with Gasteiger partial charge in [0, 0.05) is 6.04 Å². The molecule has 118 valence electrons. The second-order valence-corrected chi connectivity index (χ2v) is 7.41. The number of benzene rings is 1. The molecule has 21 heavy (non-hydrogen) atoms. The van der Waals surface area contributed by atoms with Crippen LogP contribution in [0.1, 0.15) is 27.2 Å². The number of carbonyl (C=O) groups is 1. The number of carboxylic acid groups (broad SMARTS) is 1. The summed E-state index contributed by atoms with van der Waals surface area (Å²) in [5.41, 5.74) is -0.396. The number of primary sulfonamides is 1. The molecule has 1 aromatic rings. The Kier molecular flexibility index (Phi) is 4.95. The van der Waals surface area contributed by atoms with Gasteiger partial charge in [0.25, 0.3) is 0 Å². The molecule has 0 spiro atoms. The first kappa shape index (κ1) is 17.4. The second-order valence-electron chi connectivity index (χ2n) is 5.85.